The molecule has 1 N–H and O–H groups in total. The molecule has 0 aliphatic heterocycles. The molecule has 12 heavy (non-hydrogen) atoms. The van der Waals surface area contributed by atoms with Crippen molar-refractivity contribution in [3.63, 3.8) is 0 Å². The summed E-state index contributed by atoms with van der Waals surface area (Å²) < 4.78 is 6.66. The van der Waals surface area contributed by atoms with E-state index in [-0.39, 0.29) is 0 Å². The van der Waals surface area contributed by atoms with Crippen LogP contribution in [-0.4, -0.2) is 28.4 Å². The van der Waals surface area contributed by atoms with Gasteiger partial charge < -0.3 is 14.4 Å². The van der Waals surface area contributed by atoms with Gasteiger partial charge in [-0.25, -0.2) is 4.98 Å². The van der Waals surface area contributed by atoms with E-state index in [1.807, 2.05) is 13.2 Å². The molecule has 0 radical (unpaired) electrons. The number of rotatable bonds is 4. The second-order valence-corrected chi connectivity index (χ2v) is 2.69. The van der Waals surface area contributed by atoms with E-state index in [2.05, 4.69) is 4.98 Å². The highest BCUT2D eigenvalue weighted by Gasteiger charge is 2.10. The summed E-state index contributed by atoms with van der Waals surface area (Å²) in [7, 11) is 3.48. The number of aliphatic hydroxyl groups is 1. The first kappa shape index (κ1) is 9.22. The lowest BCUT2D eigenvalue weighted by Gasteiger charge is -2.08. The molecule has 1 aromatic heterocycles. The van der Waals surface area contributed by atoms with Gasteiger partial charge in [-0.15, -0.1) is 0 Å². The minimum atomic E-state index is -0.523. The molecule has 1 heterocycles. The van der Waals surface area contributed by atoms with Crippen LogP contribution in [0.3, 0.4) is 0 Å². The predicted molar refractivity (Wildman–Crippen MR) is 44.7 cm³/mol. The number of aromatic nitrogens is 2. The van der Waals surface area contributed by atoms with Crippen LogP contribution in [-0.2, 0) is 11.8 Å². The van der Waals surface area contributed by atoms with Crippen LogP contribution in [0.5, 0.6) is 0 Å². The fourth-order valence-electron chi connectivity index (χ4n) is 1.06. The number of nitrogens with zero attached hydrogens (tertiary/aromatic N) is 2. The summed E-state index contributed by atoms with van der Waals surface area (Å²) in [5.74, 6) is 0.687. The molecule has 0 saturated heterocycles. The number of ether oxygens (including phenoxy) is 1. The average molecular weight is 170 g/mol. The van der Waals surface area contributed by atoms with Gasteiger partial charge in [-0.3, -0.25) is 0 Å². The van der Waals surface area contributed by atoms with Crippen molar-refractivity contribution in [1.29, 1.82) is 0 Å². The van der Waals surface area contributed by atoms with E-state index in [9.17, 15) is 5.11 Å². The largest absolute Gasteiger partial charge is 0.385 e. The van der Waals surface area contributed by atoms with Crippen LogP contribution in [0, 0.1) is 0 Å². The molecular weight excluding hydrogens is 156 g/mol. The minimum Gasteiger partial charge on any atom is -0.385 e. The third-order valence-electron chi connectivity index (χ3n) is 1.75. The van der Waals surface area contributed by atoms with Gasteiger partial charge in [0.1, 0.15) is 11.9 Å². The Morgan fingerprint density at radius 1 is 1.75 bits per heavy atom. The molecule has 0 aliphatic carbocycles. The molecule has 1 unspecified atom stereocenters. The Morgan fingerprint density at radius 3 is 3.00 bits per heavy atom. The molecule has 0 amide bonds. The topological polar surface area (TPSA) is 47.3 Å². The standard InChI is InChI=1S/C8H14N2O2/c1-10-5-4-9-8(10)7(11)3-6-12-2/h4-5,7,11H,3,6H2,1-2H3. The quantitative estimate of drug-likeness (QED) is 0.715. The van der Waals surface area contributed by atoms with Gasteiger partial charge in [0, 0.05) is 39.6 Å². The lowest BCUT2D eigenvalue weighted by Crippen LogP contribution is -2.07. The second-order valence-electron chi connectivity index (χ2n) is 2.69. The average Bonchev–Trinajstić information content (AvgIpc) is 2.47. The SMILES string of the molecule is COCCC(O)c1nccn1C. The Morgan fingerprint density at radius 2 is 2.50 bits per heavy atom. The van der Waals surface area contributed by atoms with E-state index >= 15 is 0 Å². The van der Waals surface area contributed by atoms with E-state index in [0.717, 1.165) is 0 Å². The molecular formula is C8H14N2O2. The molecule has 0 fully saturated rings. The van der Waals surface area contributed by atoms with Crippen LogP contribution >= 0.6 is 0 Å². The first-order chi connectivity index (χ1) is 5.75. The first-order valence-electron chi connectivity index (χ1n) is 3.90. The molecule has 1 aromatic rings. The Hall–Kier alpha value is -0.870. The van der Waals surface area contributed by atoms with Gasteiger partial charge in [-0.1, -0.05) is 0 Å². The Labute approximate surface area is 71.8 Å². The summed E-state index contributed by atoms with van der Waals surface area (Å²) >= 11 is 0. The van der Waals surface area contributed by atoms with E-state index < -0.39 is 6.10 Å². The van der Waals surface area contributed by atoms with Crippen molar-refractivity contribution in [2.75, 3.05) is 13.7 Å². The maximum Gasteiger partial charge on any atom is 0.137 e. The monoisotopic (exact) mass is 170 g/mol. The van der Waals surface area contributed by atoms with E-state index in [4.69, 9.17) is 4.74 Å². The van der Waals surface area contributed by atoms with Crippen molar-refractivity contribution in [2.45, 2.75) is 12.5 Å². The van der Waals surface area contributed by atoms with E-state index in [0.29, 0.717) is 18.9 Å². The summed E-state index contributed by atoms with van der Waals surface area (Å²) in [5.41, 5.74) is 0. The summed E-state index contributed by atoms with van der Waals surface area (Å²) in [4.78, 5) is 4.03. The van der Waals surface area contributed by atoms with Gasteiger partial charge in [-0.05, 0) is 0 Å². The van der Waals surface area contributed by atoms with Gasteiger partial charge in [0.05, 0.1) is 0 Å². The van der Waals surface area contributed by atoms with E-state index in [1.54, 1.807) is 17.9 Å². The van der Waals surface area contributed by atoms with Crippen molar-refractivity contribution in [1.82, 2.24) is 9.55 Å². The zero-order chi connectivity index (χ0) is 8.97. The molecule has 0 aromatic carbocycles. The number of aryl methyl sites for hydroxylation is 1. The summed E-state index contributed by atoms with van der Waals surface area (Å²) in [5, 5.41) is 9.56. The minimum absolute atomic E-state index is 0.523. The molecule has 4 nitrogen and oxygen atoms in total. The van der Waals surface area contributed by atoms with Crippen LogP contribution < -0.4 is 0 Å². The lowest BCUT2D eigenvalue weighted by molar-refractivity contribution is 0.103. The zero-order valence-corrected chi connectivity index (χ0v) is 7.40. The molecule has 0 saturated carbocycles. The van der Waals surface area contributed by atoms with Gasteiger partial charge in [0.2, 0.25) is 0 Å². The van der Waals surface area contributed by atoms with Gasteiger partial charge in [0.25, 0.3) is 0 Å². The van der Waals surface area contributed by atoms with Gasteiger partial charge >= 0.3 is 0 Å². The highest BCUT2D eigenvalue weighted by Crippen LogP contribution is 2.12. The Bertz CT molecular complexity index is 235. The fourth-order valence-corrected chi connectivity index (χ4v) is 1.06. The molecule has 4 heteroatoms. The number of methoxy groups -OCH3 is 1. The molecule has 1 atom stereocenters. The first-order valence-corrected chi connectivity index (χ1v) is 3.90. The lowest BCUT2D eigenvalue weighted by atomic mass is 10.2. The predicted octanol–water partition coefficient (Wildman–Crippen LogP) is 0.490. The van der Waals surface area contributed by atoms with Crippen molar-refractivity contribution in [2.24, 2.45) is 7.05 Å². The van der Waals surface area contributed by atoms with E-state index in [1.165, 1.54) is 0 Å². The summed E-state index contributed by atoms with van der Waals surface area (Å²) in [6.07, 6.45) is 3.54. The molecule has 0 aliphatic rings. The summed E-state index contributed by atoms with van der Waals surface area (Å²) in [6.45, 7) is 0.550. The highest BCUT2D eigenvalue weighted by molar-refractivity contribution is 4.94. The van der Waals surface area contributed by atoms with Crippen LogP contribution in [0.2, 0.25) is 0 Å². The number of imidazole rings is 1. The maximum absolute atomic E-state index is 9.56. The number of aliphatic hydroxyl groups excluding tert-OH is 1. The molecule has 0 spiro atoms. The zero-order valence-electron chi connectivity index (χ0n) is 7.40. The van der Waals surface area contributed by atoms with Crippen molar-refractivity contribution in [3.8, 4) is 0 Å². The van der Waals surface area contributed by atoms with Crippen LogP contribution in [0.15, 0.2) is 12.4 Å². The molecule has 68 valence electrons. The Balaban J connectivity index is 2.52. The van der Waals surface area contributed by atoms with Crippen LogP contribution in [0.25, 0.3) is 0 Å². The van der Waals surface area contributed by atoms with Crippen LogP contribution in [0.4, 0.5) is 0 Å². The van der Waals surface area contributed by atoms with Gasteiger partial charge in [-0.2, -0.15) is 0 Å². The molecule has 1 rings (SSSR count). The second kappa shape index (κ2) is 4.23. The third-order valence-corrected chi connectivity index (χ3v) is 1.75. The van der Waals surface area contributed by atoms with Crippen LogP contribution in [0.1, 0.15) is 18.3 Å². The van der Waals surface area contributed by atoms with Crippen molar-refractivity contribution < 1.29 is 9.84 Å². The molecule has 0 bridgehead atoms. The maximum atomic E-state index is 9.56. The normalized spacial score (nSPS) is 13.2. The summed E-state index contributed by atoms with van der Waals surface area (Å²) in [6, 6.07) is 0. The fraction of sp³-hybridized carbons (Fsp3) is 0.625. The van der Waals surface area contributed by atoms with Gasteiger partial charge in [0.15, 0.2) is 0 Å². The third kappa shape index (κ3) is 2.06. The van der Waals surface area contributed by atoms with Crippen molar-refractivity contribution >= 4 is 0 Å². The highest BCUT2D eigenvalue weighted by atomic mass is 16.5. The number of hydrogen-bond acceptors (Lipinski definition) is 3. The Kier molecular flexibility index (Phi) is 3.25. The number of hydrogen-bond donors (Lipinski definition) is 1. The smallest absolute Gasteiger partial charge is 0.137 e. The van der Waals surface area contributed by atoms with Crippen molar-refractivity contribution in [3.05, 3.63) is 18.2 Å².